The molecule has 2 aromatic rings. The van der Waals surface area contributed by atoms with Crippen LogP contribution < -0.4 is 0 Å². The summed E-state index contributed by atoms with van der Waals surface area (Å²) in [6, 6.07) is 0. The van der Waals surface area contributed by atoms with Gasteiger partial charge in [-0.25, -0.2) is 9.97 Å². The van der Waals surface area contributed by atoms with Crippen molar-refractivity contribution in [3.05, 3.63) is 33.8 Å². The summed E-state index contributed by atoms with van der Waals surface area (Å²) in [6.45, 7) is 7.40. The Bertz CT molecular complexity index is 643. The lowest BCUT2D eigenvalue weighted by molar-refractivity contribution is 0.0514. The average molecular weight is 334 g/mol. The van der Waals surface area contributed by atoms with Gasteiger partial charge in [-0.05, 0) is 45.7 Å². The monoisotopic (exact) mass is 334 g/mol. The molecule has 23 heavy (non-hydrogen) atoms. The second-order valence-electron chi connectivity index (χ2n) is 6.51. The molecule has 1 atom stereocenters. The number of thiazole rings is 1. The summed E-state index contributed by atoms with van der Waals surface area (Å²) in [6.07, 6.45) is 6.30. The van der Waals surface area contributed by atoms with E-state index < -0.39 is 6.10 Å². The fourth-order valence-electron chi connectivity index (χ4n) is 3.43. The molecule has 6 heteroatoms. The highest BCUT2D eigenvalue weighted by atomic mass is 32.1. The molecule has 0 saturated carbocycles. The number of aliphatic hydroxyl groups excluding tert-OH is 1. The van der Waals surface area contributed by atoms with E-state index >= 15 is 0 Å². The molecule has 3 rings (SSSR count). The summed E-state index contributed by atoms with van der Waals surface area (Å²) in [5, 5.41) is 11.7. The molecule has 1 aliphatic rings. The van der Waals surface area contributed by atoms with Gasteiger partial charge in [-0.1, -0.05) is 0 Å². The predicted molar refractivity (Wildman–Crippen MR) is 92.6 cm³/mol. The van der Waals surface area contributed by atoms with Crippen LogP contribution in [0, 0.1) is 19.8 Å². The number of piperidine rings is 1. The first-order chi connectivity index (χ1) is 11.0. The Morgan fingerprint density at radius 1 is 1.35 bits per heavy atom. The van der Waals surface area contributed by atoms with Crippen molar-refractivity contribution in [3.8, 4) is 0 Å². The molecule has 0 amide bonds. The van der Waals surface area contributed by atoms with Gasteiger partial charge in [-0.3, -0.25) is 0 Å². The van der Waals surface area contributed by atoms with E-state index in [1.54, 1.807) is 17.5 Å². The van der Waals surface area contributed by atoms with Crippen molar-refractivity contribution < 1.29 is 5.11 Å². The van der Waals surface area contributed by atoms with E-state index in [9.17, 15) is 5.11 Å². The second-order valence-corrected chi connectivity index (χ2v) is 7.91. The number of imidazole rings is 1. The second kappa shape index (κ2) is 7.11. The number of rotatable bonds is 5. The first-order valence-electron chi connectivity index (χ1n) is 8.35. The quantitative estimate of drug-likeness (QED) is 0.913. The van der Waals surface area contributed by atoms with Crippen LogP contribution in [0.2, 0.25) is 0 Å². The normalized spacial score (nSPS) is 18.4. The third kappa shape index (κ3) is 3.82. The molecule has 5 nitrogen and oxygen atoms in total. The molecule has 0 bridgehead atoms. The zero-order valence-corrected chi connectivity index (χ0v) is 15.0. The van der Waals surface area contributed by atoms with Gasteiger partial charge in [0.05, 0.1) is 10.7 Å². The lowest BCUT2D eigenvalue weighted by atomic mass is 9.90. The number of likely N-dealkylation sites (tertiary alicyclic amines) is 1. The molecule has 0 aromatic carbocycles. The topological polar surface area (TPSA) is 54.2 Å². The summed E-state index contributed by atoms with van der Waals surface area (Å²) in [5.74, 6) is 1.10. The number of aryl methyl sites for hydroxylation is 3. The molecule has 1 unspecified atom stereocenters. The lowest BCUT2D eigenvalue weighted by Crippen LogP contribution is -2.37. The minimum Gasteiger partial charge on any atom is -0.385 e. The first-order valence-corrected chi connectivity index (χ1v) is 9.17. The zero-order chi connectivity index (χ0) is 16.4. The van der Waals surface area contributed by atoms with Gasteiger partial charge < -0.3 is 14.6 Å². The van der Waals surface area contributed by atoms with Crippen molar-refractivity contribution in [2.75, 3.05) is 19.6 Å². The van der Waals surface area contributed by atoms with Crippen LogP contribution >= 0.6 is 11.3 Å². The first kappa shape index (κ1) is 16.6. The Morgan fingerprint density at radius 3 is 2.65 bits per heavy atom. The Hall–Kier alpha value is -1.24. The summed E-state index contributed by atoms with van der Waals surface area (Å²) in [7, 11) is 1.94. The number of hydrogen-bond donors (Lipinski definition) is 1. The van der Waals surface area contributed by atoms with Gasteiger partial charge in [0, 0.05) is 37.3 Å². The van der Waals surface area contributed by atoms with Crippen molar-refractivity contribution >= 4 is 11.3 Å². The average Bonchev–Trinajstić information content (AvgIpc) is 3.10. The van der Waals surface area contributed by atoms with E-state index in [0.29, 0.717) is 5.92 Å². The molecule has 1 saturated heterocycles. The van der Waals surface area contributed by atoms with Gasteiger partial charge in [-0.15, -0.1) is 11.3 Å². The highest BCUT2D eigenvalue weighted by Gasteiger charge is 2.28. The van der Waals surface area contributed by atoms with E-state index in [-0.39, 0.29) is 0 Å². The maximum atomic E-state index is 10.5. The van der Waals surface area contributed by atoms with E-state index in [0.717, 1.165) is 49.7 Å². The fourth-order valence-corrected chi connectivity index (χ4v) is 4.30. The minimum atomic E-state index is -0.444. The summed E-state index contributed by atoms with van der Waals surface area (Å²) >= 11 is 1.79. The third-order valence-corrected chi connectivity index (χ3v) is 5.79. The van der Waals surface area contributed by atoms with Crippen LogP contribution in [-0.2, 0) is 13.5 Å². The Labute approximate surface area is 142 Å². The predicted octanol–water partition coefficient (Wildman–Crippen LogP) is 2.48. The maximum Gasteiger partial charge on any atom is 0.137 e. The van der Waals surface area contributed by atoms with Crippen LogP contribution in [0.1, 0.15) is 40.3 Å². The van der Waals surface area contributed by atoms with Crippen LogP contribution in [0.5, 0.6) is 0 Å². The molecule has 0 spiro atoms. The Balaban J connectivity index is 1.49. The minimum absolute atomic E-state index is 0.315. The zero-order valence-electron chi connectivity index (χ0n) is 14.2. The highest BCUT2D eigenvalue weighted by Crippen LogP contribution is 2.29. The van der Waals surface area contributed by atoms with Gasteiger partial charge in [-0.2, -0.15) is 0 Å². The van der Waals surface area contributed by atoms with Crippen LogP contribution in [0.4, 0.5) is 0 Å². The molecule has 126 valence electrons. The van der Waals surface area contributed by atoms with E-state index in [2.05, 4.69) is 28.7 Å². The van der Waals surface area contributed by atoms with E-state index in [1.165, 1.54) is 10.6 Å². The van der Waals surface area contributed by atoms with Gasteiger partial charge in [0.1, 0.15) is 11.9 Å². The lowest BCUT2D eigenvalue weighted by Gasteiger charge is -2.33. The van der Waals surface area contributed by atoms with Crippen molar-refractivity contribution in [1.29, 1.82) is 0 Å². The van der Waals surface area contributed by atoms with Crippen molar-refractivity contribution in [3.63, 3.8) is 0 Å². The van der Waals surface area contributed by atoms with Gasteiger partial charge in [0.25, 0.3) is 0 Å². The van der Waals surface area contributed by atoms with E-state index in [1.807, 2.05) is 17.8 Å². The largest absolute Gasteiger partial charge is 0.385 e. The van der Waals surface area contributed by atoms with Gasteiger partial charge in [0.15, 0.2) is 0 Å². The van der Waals surface area contributed by atoms with Crippen LogP contribution in [0.3, 0.4) is 0 Å². The molecule has 0 aliphatic carbocycles. The van der Waals surface area contributed by atoms with E-state index in [4.69, 9.17) is 0 Å². The highest BCUT2D eigenvalue weighted by molar-refractivity contribution is 7.11. The standard InChI is InChI=1S/C17H26N4OS/c1-12-15(19-13(2)23-12)6-10-21-8-4-14(5-9-21)16(22)17-18-7-11-20(17)3/h7,11,14,16,22H,4-6,8-10H2,1-3H3. The fraction of sp³-hybridized carbons (Fsp3) is 0.647. The SMILES string of the molecule is Cc1nc(CCN2CCC(C(O)c3nccn3C)CC2)c(C)s1. The third-order valence-electron chi connectivity index (χ3n) is 4.87. The number of aliphatic hydroxyl groups is 1. The van der Waals surface area contributed by atoms with Crippen molar-refractivity contribution in [1.82, 2.24) is 19.4 Å². The smallest absolute Gasteiger partial charge is 0.137 e. The van der Waals surface area contributed by atoms with Crippen LogP contribution in [0.25, 0.3) is 0 Å². The molecule has 3 heterocycles. The molecule has 2 aromatic heterocycles. The number of nitrogens with zero attached hydrogens (tertiary/aromatic N) is 4. The number of aromatic nitrogens is 3. The molecule has 1 N–H and O–H groups in total. The molecular formula is C17H26N4OS. The summed E-state index contributed by atoms with van der Waals surface area (Å²) < 4.78 is 1.92. The molecule has 0 radical (unpaired) electrons. The number of hydrogen-bond acceptors (Lipinski definition) is 5. The maximum absolute atomic E-state index is 10.5. The molecular weight excluding hydrogens is 308 g/mol. The van der Waals surface area contributed by atoms with Crippen LogP contribution in [0.15, 0.2) is 12.4 Å². The summed E-state index contributed by atoms with van der Waals surface area (Å²) in [4.78, 5) is 12.8. The van der Waals surface area contributed by atoms with Crippen molar-refractivity contribution in [2.45, 2.75) is 39.2 Å². The summed E-state index contributed by atoms with van der Waals surface area (Å²) in [5.41, 5.74) is 1.25. The van der Waals surface area contributed by atoms with Gasteiger partial charge in [0.2, 0.25) is 0 Å². The van der Waals surface area contributed by atoms with Crippen molar-refractivity contribution in [2.24, 2.45) is 13.0 Å². The Morgan fingerprint density at radius 2 is 2.09 bits per heavy atom. The Kier molecular flexibility index (Phi) is 5.14. The van der Waals surface area contributed by atoms with Gasteiger partial charge >= 0.3 is 0 Å². The van der Waals surface area contributed by atoms with Crippen LogP contribution in [-0.4, -0.2) is 44.2 Å². The molecule has 1 fully saturated rings. The molecule has 1 aliphatic heterocycles.